The molecule has 0 saturated carbocycles. The molecule has 0 bridgehead atoms. The molecular formula is C18H19N5OS. The molecule has 1 unspecified atom stereocenters. The van der Waals surface area contributed by atoms with Crippen LogP contribution in [0.2, 0.25) is 0 Å². The largest absolute Gasteiger partial charge is 0.335 e. The number of hydrogen-bond acceptors (Lipinski definition) is 5. The fourth-order valence-electron chi connectivity index (χ4n) is 3.01. The predicted molar refractivity (Wildman–Crippen MR) is 98.0 cm³/mol. The lowest BCUT2D eigenvalue weighted by molar-refractivity contribution is 0.0731. The van der Waals surface area contributed by atoms with Crippen molar-refractivity contribution in [2.45, 2.75) is 12.5 Å². The first kappa shape index (κ1) is 16.0. The first-order chi connectivity index (χ1) is 12.2. The van der Waals surface area contributed by atoms with Gasteiger partial charge in [0.05, 0.1) is 10.6 Å². The number of thiophene rings is 1. The molecule has 1 saturated heterocycles. The average molecular weight is 353 g/mol. The molecule has 1 atom stereocenters. The summed E-state index contributed by atoms with van der Waals surface area (Å²) in [6.45, 7) is 1.76. The maximum Gasteiger partial charge on any atom is 0.293 e. The summed E-state index contributed by atoms with van der Waals surface area (Å²) in [5.74, 6) is 0.797. The third-order valence-corrected chi connectivity index (χ3v) is 5.31. The molecule has 128 valence electrons. The lowest BCUT2D eigenvalue weighted by atomic mass is 10.2. The quantitative estimate of drug-likeness (QED) is 0.782. The van der Waals surface area contributed by atoms with E-state index in [1.54, 1.807) is 20.9 Å². The van der Waals surface area contributed by atoms with Crippen LogP contribution in [-0.4, -0.2) is 51.8 Å². The second kappa shape index (κ2) is 6.78. The Labute approximate surface area is 150 Å². The van der Waals surface area contributed by atoms with Crippen molar-refractivity contribution in [3.05, 3.63) is 53.7 Å². The van der Waals surface area contributed by atoms with Crippen molar-refractivity contribution in [3.63, 3.8) is 0 Å². The van der Waals surface area contributed by atoms with Crippen LogP contribution in [0.1, 0.15) is 17.0 Å². The minimum absolute atomic E-state index is 0.138. The summed E-state index contributed by atoms with van der Waals surface area (Å²) in [4.78, 5) is 20.2. The molecule has 1 N–H and O–H groups in total. The van der Waals surface area contributed by atoms with Crippen LogP contribution in [0, 0.1) is 0 Å². The van der Waals surface area contributed by atoms with Crippen molar-refractivity contribution in [1.29, 1.82) is 0 Å². The van der Waals surface area contributed by atoms with E-state index < -0.39 is 0 Å². The van der Waals surface area contributed by atoms with Crippen LogP contribution in [0.5, 0.6) is 0 Å². The Bertz CT molecular complexity index is 853. The van der Waals surface area contributed by atoms with E-state index in [-0.39, 0.29) is 17.8 Å². The summed E-state index contributed by atoms with van der Waals surface area (Å²) in [6, 6.07) is 13.9. The number of carbonyl (C=O) groups excluding carboxylic acids is 1. The van der Waals surface area contributed by atoms with Gasteiger partial charge in [0.2, 0.25) is 5.82 Å². The molecule has 1 aliphatic rings. The summed E-state index contributed by atoms with van der Waals surface area (Å²) < 4.78 is 1.75. The SMILES string of the molecule is CN(C(=O)c1nc(-c2cccs2)n(-c2ccccc2)n1)C1CCNC1. The molecule has 7 heteroatoms. The van der Waals surface area contributed by atoms with Crippen LogP contribution in [0.3, 0.4) is 0 Å². The van der Waals surface area contributed by atoms with E-state index >= 15 is 0 Å². The van der Waals surface area contributed by atoms with E-state index in [1.165, 1.54) is 0 Å². The minimum Gasteiger partial charge on any atom is -0.335 e. The van der Waals surface area contributed by atoms with Crippen molar-refractivity contribution in [3.8, 4) is 16.4 Å². The van der Waals surface area contributed by atoms with E-state index in [0.717, 1.165) is 30.1 Å². The fourth-order valence-corrected chi connectivity index (χ4v) is 3.71. The molecule has 3 aromatic rings. The number of rotatable bonds is 4. The lowest BCUT2D eigenvalue weighted by Crippen LogP contribution is -2.38. The highest BCUT2D eigenvalue weighted by molar-refractivity contribution is 7.13. The van der Waals surface area contributed by atoms with Gasteiger partial charge >= 0.3 is 0 Å². The maximum atomic E-state index is 12.9. The Hall–Kier alpha value is -2.51. The molecule has 1 amide bonds. The molecule has 6 nitrogen and oxygen atoms in total. The Morgan fingerprint density at radius 1 is 1.28 bits per heavy atom. The lowest BCUT2D eigenvalue weighted by Gasteiger charge is -2.22. The van der Waals surface area contributed by atoms with Gasteiger partial charge in [-0.05, 0) is 36.5 Å². The van der Waals surface area contributed by atoms with Crippen LogP contribution < -0.4 is 5.32 Å². The van der Waals surface area contributed by atoms with Gasteiger partial charge in [0.15, 0.2) is 5.82 Å². The van der Waals surface area contributed by atoms with Gasteiger partial charge in [-0.15, -0.1) is 16.4 Å². The van der Waals surface area contributed by atoms with Gasteiger partial charge in [-0.2, -0.15) is 0 Å². The predicted octanol–water partition coefficient (Wildman–Crippen LogP) is 2.43. The fraction of sp³-hybridized carbons (Fsp3) is 0.278. The third kappa shape index (κ3) is 3.08. The summed E-state index contributed by atoms with van der Waals surface area (Å²) >= 11 is 1.59. The molecule has 1 aromatic carbocycles. The smallest absolute Gasteiger partial charge is 0.293 e. The minimum atomic E-state index is -0.138. The Morgan fingerprint density at radius 3 is 2.80 bits per heavy atom. The highest BCUT2D eigenvalue weighted by Crippen LogP contribution is 2.26. The summed E-state index contributed by atoms with van der Waals surface area (Å²) in [5.41, 5.74) is 0.891. The second-order valence-electron chi connectivity index (χ2n) is 6.05. The van der Waals surface area contributed by atoms with Crippen LogP contribution in [0.15, 0.2) is 47.8 Å². The molecule has 2 aromatic heterocycles. The van der Waals surface area contributed by atoms with E-state index in [2.05, 4.69) is 15.4 Å². The topological polar surface area (TPSA) is 63.1 Å². The molecule has 25 heavy (non-hydrogen) atoms. The standard InChI is InChI=1S/C18H19N5OS/c1-22(14-9-10-19-12-14)18(24)16-20-17(15-8-5-11-25-15)23(21-16)13-6-3-2-4-7-13/h2-8,11,14,19H,9-10,12H2,1H3. The monoisotopic (exact) mass is 353 g/mol. The summed E-state index contributed by atoms with van der Waals surface area (Å²) in [5, 5.41) is 9.81. The Kier molecular flexibility index (Phi) is 4.33. The number of nitrogens with zero attached hydrogens (tertiary/aromatic N) is 4. The van der Waals surface area contributed by atoms with E-state index in [4.69, 9.17) is 0 Å². The van der Waals surface area contributed by atoms with Gasteiger partial charge < -0.3 is 10.2 Å². The number of hydrogen-bond donors (Lipinski definition) is 1. The number of nitrogens with one attached hydrogen (secondary N) is 1. The maximum absolute atomic E-state index is 12.9. The Balaban J connectivity index is 1.73. The van der Waals surface area contributed by atoms with Crippen LogP contribution in [0.25, 0.3) is 16.4 Å². The zero-order valence-corrected chi connectivity index (χ0v) is 14.7. The van der Waals surface area contributed by atoms with Crippen molar-refractivity contribution < 1.29 is 4.79 Å². The number of likely N-dealkylation sites (N-methyl/N-ethyl adjacent to an activating group) is 1. The van der Waals surface area contributed by atoms with E-state index in [1.807, 2.05) is 54.9 Å². The van der Waals surface area contributed by atoms with Crippen molar-refractivity contribution in [2.75, 3.05) is 20.1 Å². The summed E-state index contributed by atoms with van der Waals surface area (Å²) in [7, 11) is 1.83. The summed E-state index contributed by atoms with van der Waals surface area (Å²) in [6.07, 6.45) is 0.958. The van der Waals surface area contributed by atoms with Crippen LogP contribution in [-0.2, 0) is 0 Å². The zero-order valence-electron chi connectivity index (χ0n) is 13.9. The first-order valence-electron chi connectivity index (χ1n) is 8.28. The van der Waals surface area contributed by atoms with Gasteiger partial charge in [-0.1, -0.05) is 24.3 Å². The average Bonchev–Trinajstić information content (AvgIpc) is 3.42. The molecule has 0 radical (unpaired) electrons. The van der Waals surface area contributed by atoms with E-state index in [9.17, 15) is 4.79 Å². The van der Waals surface area contributed by atoms with Crippen molar-refractivity contribution in [1.82, 2.24) is 25.0 Å². The first-order valence-corrected chi connectivity index (χ1v) is 9.16. The normalized spacial score (nSPS) is 16.9. The zero-order chi connectivity index (χ0) is 17.2. The van der Waals surface area contributed by atoms with Gasteiger partial charge in [0.25, 0.3) is 5.91 Å². The number of amides is 1. The third-order valence-electron chi connectivity index (χ3n) is 4.44. The molecule has 0 aliphatic carbocycles. The van der Waals surface area contributed by atoms with Crippen molar-refractivity contribution >= 4 is 17.2 Å². The second-order valence-corrected chi connectivity index (χ2v) is 6.99. The van der Waals surface area contributed by atoms with Crippen molar-refractivity contribution in [2.24, 2.45) is 0 Å². The van der Waals surface area contributed by atoms with Gasteiger partial charge in [0, 0.05) is 19.6 Å². The number of para-hydroxylation sites is 1. The molecule has 0 spiro atoms. The van der Waals surface area contributed by atoms with Crippen LogP contribution in [0.4, 0.5) is 0 Å². The highest BCUT2D eigenvalue weighted by Gasteiger charge is 2.28. The molecular weight excluding hydrogens is 334 g/mol. The molecule has 3 heterocycles. The van der Waals surface area contributed by atoms with Gasteiger partial charge in [-0.25, -0.2) is 9.67 Å². The van der Waals surface area contributed by atoms with Gasteiger partial charge in [0.1, 0.15) is 0 Å². The number of benzene rings is 1. The molecule has 1 aliphatic heterocycles. The van der Waals surface area contributed by atoms with Gasteiger partial charge in [-0.3, -0.25) is 4.79 Å². The van der Waals surface area contributed by atoms with E-state index in [0.29, 0.717) is 5.82 Å². The molecule has 4 rings (SSSR count). The number of carbonyl (C=O) groups is 1. The Morgan fingerprint density at radius 2 is 2.12 bits per heavy atom. The molecule has 1 fully saturated rings. The number of aromatic nitrogens is 3. The highest BCUT2D eigenvalue weighted by atomic mass is 32.1. The van der Waals surface area contributed by atoms with Crippen LogP contribution >= 0.6 is 11.3 Å².